The van der Waals surface area contributed by atoms with Gasteiger partial charge in [-0.3, -0.25) is 4.90 Å². The van der Waals surface area contributed by atoms with Crippen molar-refractivity contribution in [3.8, 4) is 0 Å². The topological polar surface area (TPSA) is 33.7 Å². The first kappa shape index (κ1) is 21.7. The number of hydrogen-bond donors (Lipinski definition) is 1. The summed E-state index contributed by atoms with van der Waals surface area (Å²) in [5.74, 6) is 0. The molecule has 0 aliphatic heterocycles. The lowest BCUT2D eigenvalue weighted by molar-refractivity contribution is 0.0829. The number of nitrogens with zero attached hydrogens (tertiary/aromatic N) is 1. The highest BCUT2D eigenvalue weighted by Crippen LogP contribution is 2.32. The Kier molecular flexibility index (Phi) is 10.2. The minimum absolute atomic E-state index is 0.170. The monoisotopic (exact) mass is 358 g/mol. The summed E-state index contributed by atoms with van der Waals surface area (Å²) in [4.78, 5) is 2.01. The second-order valence-electron chi connectivity index (χ2n) is 6.55. The lowest BCUT2D eigenvalue weighted by Gasteiger charge is -2.35. The third-order valence-corrected chi connectivity index (χ3v) is 4.60. The average Bonchev–Trinajstić information content (AvgIpc) is 2.49. The molecule has 0 spiro atoms. The van der Waals surface area contributed by atoms with Gasteiger partial charge < -0.3 is 14.8 Å². The molecule has 5 heteroatoms. The van der Waals surface area contributed by atoms with Gasteiger partial charge in [-0.25, -0.2) is 0 Å². The number of nitrogens with one attached hydrogen (secondary N) is 1. The lowest BCUT2D eigenvalue weighted by Crippen LogP contribution is -2.49. The molecule has 24 heavy (non-hydrogen) atoms. The van der Waals surface area contributed by atoms with E-state index in [1.54, 1.807) is 0 Å². The molecule has 0 saturated heterocycles. The largest absolute Gasteiger partial charge is 0.380 e. The van der Waals surface area contributed by atoms with Crippen LogP contribution in [0, 0.1) is 0 Å². The molecule has 2 unspecified atom stereocenters. The van der Waals surface area contributed by atoms with E-state index in [0.29, 0.717) is 0 Å². The number of halogens is 1. The van der Waals surface area contributed by atoms with Gasteiger partial charge >= 0.3 is 0 Å². The molecule has 4 nitrogen and oxygen atoms in total. The molecule has 1 N–H and O–H groups in total. The van der Waals surface area contributed by atoms with Crippen LogP contribution >= 0.6 is 11.6 Å². The number of rotatable bonds is 12. The first-order chi connectivity index (χ1) is 11.4. The Hall–Kier alpha value is -0.390. The molecule has 1 aliphatic carbocycles. The zero-order chi connectivity index (χ0) is 18.0. The molecular weight excluding hydrogens is 324 g/mol. The zero-order valence-corrected chi connectivity index (χ0v) is 16.8. The summed E-state index contributed by atoms with van der Waals surface area (Å²) in [5, 5.41) is 3.63. The van der Waals surface area contributed by atoms with Crippen LogP contribution < -0.4 is 5.32 Å². The van der Waals surface area contributed by atoms with Gasteiger partial charge in [0.25, 0.3) is 0 Å². The Morgan fingerprint density at radius 2 is 1.71 bits per heavy atom. The first-order valence-corrected chi connectivity index (χ1v) is 9.46. The molecule has 0 heterocycles. The van der Waals surface area contributed by atoms with E-state index in [1.807, 2.05) is 13.8 Å². The molecule has 2 atom stereocenters. The molecule has 1 aliphatic rings. The maximum absolute atomic E-state index is 6.71. The summed E-state index contributed by atoms with van der Waals surface area (Å²) in [5.41, 5.74) is 2.53. The minimum atomic E-state index is -0.371. The lowest BCUT2D eigenvalue weighted by atomic mass is 9.87. The Balaban J connectivity index is 2.46. The Labute approximate surface area is 153 Å². The van der Waals surface area contributed by atoms with Crippen LogP contribution in [0.5, 0.6) is 0 Å². The summed E-state index contributed by atoms with van der Waals surface area (Å²) in [6, 6.07) is 0.170. The molecule has 0 bridgehead atoms. The summed E-state index contributed by atoms with van der Waals surface area (Å²) in [7, 11) is 0. The van der Waals surface area contributed by atoms with Crippen molar-refractivity contribution in [2.75, 3.05) is 52.6 Å². The molecule has 0 aromatic rings. The van der Waals surface area contributed by atoms with Gasteiger partial charge in [0.1, 0.15) is 0 Å². The van der Waals surface area contributed by atoms with Crippen LogP contribution in [-0.2, 0) is 9.47 Å². The van der Waals surface area contributed by atoms with Crippen LogP contribution in [0.2, 0.25) is 0 Å². The van der Waals surface area contributed by atoms with Crippen molar-refractivity contribution in [1.29, 1.82) is 0 Å². The van der Waals surface area contributed by atoms with Crippen molar-refractivity contribution in [1.82, 2.24) is 10.2 Å². The van der Waals surface area contributed by atoms with Gasteiger partial charge in [0.15, 0.2) is 0 Å². The van der Waals surface area contributed by atoms with Crippen LogP contribution in [0.4, 0.5) is 0 Å². The molecule has 0 aromatic carbocycles. The number of alkyl halides is 1. The Morgan fingerprint density at radius 1 is 1.12 bits per heavy atom. The molecule has 1 rings (SSSR count). The molecular formula is C19H35ClN2O2. The molecule has 0 amide bonds. The highest BCUT2D eigenvalue weighted by molar-refractivity contribution is 6.26. The fourth-order valence-corrected chi connectivity index (χ4v) is 3.62. The highest BCUT2D eigenvalue weighted by Gasteiger charge is 2.33. The van der Waals surface area contributed by atoms with Crippen LogP contribution in [-0.4, -0.2) is 68.4 Å². The Bertz CT molecular complexity index is 412. The molecule has 140 valence electrons. The predicted molar refractivity (Wildman–Crippen MR) is 103 cm³/mol. The molecule has 0 fully saturated rings. The van der Waals surface area contributed by atoms with E-state index < -0.39 is 0 Å². The van der Waals surface area contributed by atoms with Gasteiger partial charge in [0, 0.05) is 39.4 Å². The quantitative estimate of drug-likeness (QED) is 0.429. The molecule has 0 saturated carbocycles. The molecule has 0 aromatic heterocycles. The fourth-order valence-electron chi connectivity index (χ4n) is 3.20. The van der Waals surface area contributed by atoms with Gasteiger partial charge in [-0.15, -0.1) is 11.6 Å². The fraction of sp³-hybridized carbons (Fsp3) is 0.789. The van der Waals surface area contributed by atoms with E-state index in [0.717, 1.165) is 52.6 Å². The number of allylic oxidation sites excluding steroid dienone is 2. The zero-order valence-electron chi connectivity index (χ0n) is 16.0. The number of ether oxygens (including phenoxy) is 2. The van der Waals surface area contributed by atoms with Gasteiger partial charge in [-0.05, 0) is 34.6 Å². The number of hydrogen-bond acceptors (Lipinski definition) is 4. The standard InChI is InChI=1S/C19H35ClN2O2/c1-6-23-12-10-22(11-13-24-7-2)9-8-21-18-17(4)14-16(3)15-19(18,5)20/h14-15,18,21H,6-13H2,1-5H3. The van der Waals surface area contributed by atoms with Crippen molar-refractivity contribution in [3.63, 3.8) is 0 Å². The Morgan fingerprint density at radius 3 is 2.21 bits per heavy atom. The van der Waals surface area contributed by atoms with Crippen LogP contribution in [0.1, 0.15) is 34.6 Å². The van der Waals surface area contributed by atoms with Crippen molar-refractivity contribution < 1.29 is 9.47 Å². The SMILES string of the molecule is CCOCCN(CCNC1C(C)=CC(C)=CC1(C)Cl)CCOCC. The van der Waals surface area contributed by atoms with Crippen molar-refractivity contribution in [3.05, 3.63) is 23.3 Å². The van der Waals surface area contributed by atoms with E-state index >= 15 is 0 Å². The van der Waals surface area contributed by atoms with Gasteiger partial charge in [0.05, 0.1) is 24.1 Å². The van der Waals surface area contributed by atoms with Crippen molar-refractivity contribution >= 4 is 11.6 Å². The predicted octanol–water partition coefficient (Wildman–Crippen LogP) is 3.22. The van der Waals surface area contributed by atoms with E-state index in [2.05, 4.69) is 43.1 Å². The third-order valence-electron chi connectivity index (χ3n) is 4.27. The summed E-state index contributed by atoms with van der Waals surface area (Å²) >= 11 is 6.71. The van der Waals surface area contributed by atoms with Crippen LogP contribution in [0.3, 0.4) is 0 Å². The average molecular weight is 359 g/mol. The van der Waals surface area contributed by atoms with Gasteiger partial charge in [-0.1, -0.05) is 23.3 Å². The summed E-state index contributed by atoms with van der Waals surface area (Å²) < 4.78 is 11.0. The van der Waals surface area contributed by atoms with Crippen molar-refractivity contribution in [2.45, 2.75) is 45.5 Å². The van der Waals surface area contributed by atoms with Gasteiger partial charge in [0.2, 0.25) is 0 Å². The van der Waals surface area contributed by atoms with Gasteiger partial charge in [-0.2, -0.15) is 0 Å². The highest BCUT2D eigenvalue weighted by atomic mass is 35.5. The van der Waals surface area contributed by atoms with Crippen LogP contribution in [0.25, 0.3) is 0 Å². The third kappa shape index (κ3) is 7.66. The second kappa shape index (κ2) is 11.3. The smallest absolute Gasteiger partial charge is 0.0794 e. The molecule has 0 radical (unpaired) electrons. The normalized spacial score (nSPS) is 24.2. The van der Waals surface area contributed by atoms with E-state index in [-0.39, 0.29) is 10.9 Å². The minimum Gasteiger partial charge on any atom is -0.380 e. The van der Waals surface area contributed by atoms with E-state index in [4.69, 9.17) is 21.1 Å². The maximum Gasteiger partial charge on any atom is 0.0794 e. The van der Waals surface area contributed by atoms with Crippen LogP contribution in [0.15, 0.2) is 23.3 Å². The summed E-state index contributed by atoms with van der Waals surface area (Å²) in [6.07, 6.45) is 4.35. The van der Waals surface area contributed by atoms with Crippen molar-refractivity contribution in [2.24, 2.45) is 0 Å². The first-order valence-electron chi connectivity index (χ1n) is 9.08. The maximum atomic E-state index is 6.71. The second-order valence-corrected chi connectivity index (χ2v) is 7.36. The van der Waals surface area contributed by atoms with E-state index in [9.17, 15) is 0 Å². The van der Waals surface area contributed by atoms with E-state index in [1.165, 1.54) is 11.1 Å². The summed E-state index contributed by atoms with van der Waals surface area (Å²) in [6.45, 7) is 17.2.